The van der Waals surface area contributed by atoms with Gasteiger partial charge in [-0.2, -0.15) is 0 Å². The molecule has 0 aromatic carbocycles. The predicted octanol–water partition coefficient (Wildman–Crippen LogP) is -0.390. The summed E-state index contributed by atoms with van der Waals surface area (Å²) in [4.78, 5) is 0. The van der Waals surface area contributed by atoms with Gasteiger partial charge < -0.3 is 10.8 Å². The Kier molecular flexibility index (Phi) is 2.42. The summed E-state index contributed by atoms with van der Waals surface area (Å²) in [6.45, 7) is 0. The quantitative estimate of drug-likeness (QED) is 0.328. The van der Waals surface area contributed by atoms with Crippen molar-refractivity contribution in [2.24, 2.45) is 5.73 Å². The molecule has 0 aliphatic rings. The maximum Gasteiger partial charge on any atom is 0.166 e. The first-order valence-electron chi connectivity index (χ1n) is 1.03. The number of thiocarbonyl (C=S) groups is 1. The fraction of sp³-hybridized carbons (Fsp3) is 0. The lowest BCUT2D eigenvalue weighted by molar-refractivity contribution is 1.51. The minimum atomic E-state index is 0.301. The van der Waals surface area contributed by atoms with Gasteiger partial charge >= 0.3 is 0 Å². The topological polar surface area (TPSA) is 38.0 Å². The van der Waals surface area contributed by atoms with Gasteiger partial charge in [0.25, 0.3) is 0 Å². The molecule has 0 spiro atoms. The molecule has 0 aromatic rings. The zero-order chi connectivity index (χ0) is 4.28. The Morgan fingerprint density at radius 1 is 2.00 bits per heavy atom. The lowest BCUT2D eigenvalue weighted by atomic mass is 11.3. The molecule has 0 aromatic heterocycles. The van der Waals surface area contributed by atoms with E-state index in [1.54, 1.807) is 0 Å². The molecule has 0 aliphatic carbocycles. The van der Waals surface area contributed by atoms with Crippen LogP contribution in [-0.4, -0.2) is 5.11 Å². The number of rotatable bonds is 0. The first-order chi connectivity index (χ1) is 2.27. The van der Waals surface area contributed by atoms with Crippen molar-refractivity contribution >= 4 is 26.7 Å². The highest BCUT2D eigenvalue weighted by atomic mass is 32.1. The second-order valence-electron chi connectivity index (χ2n) is 0.509. The molecule has 0 rings (SSSR count). The van der Waals surface area contributed by atoms with Gasteiger partial charge in [0.15, 0.2) is 5.11 Å². The second kappa shape index (κ2) is 2.36. The largest absolute Gasteiger partial charge is 0.376 e. The average molecular weight is 108 g/mol. The Balaban J connectivity index is 2.85. The molecule has 1 atom stereocenters. The lowest BCUT2D eigenvalue weighted by Gasteiger charge is -1.85. The Hall–Kier alpha value is 0.120. The lowest BCUT2D eigenvalue weighted by Crippen LogP contribution is -2.18. The molecular formula is CH5N2PS. The molecule has 0 radical (unpaired) electrons. The fourth-order valence-electron chi connectivity index (χ4n) is 0. The van der Waals surface area contributed by atoms with Gasteiger partial charge in [0, 0.05) is 0 Å². The Morgan fingerprint density at radius 3 is 2.20 bits per heavy atom. The zero-order valence-electron chi connectivity index (χ0n) is 2.56. The van der Waals surface area contributed by atoms with Crippen molar-refractivity contribution in [3.63, 3.8) is 0 Å². The van der Waals surface area contributed by atoms with E-state index in [9.17, 15) is 0 Å². The molecule has 30 valence electrons. The molecule has 1 unspecified atom stereocenters. The highest BCUT2D eigenvalue weighted by Gasteiger charge is 1.66. The van der Waals surface area contributed by atoms with E-state index in [4.69, 9.17) is 5.73 Å². The zero-order valence-corrected chi connectivity index (χ0v) is 4.53. The van der Waals surface area contributed by atoms with Gasteiger partial charge in [-0.1, -0.05) is 0 Å². The van der Waals surface area contributed by atoms with Crippen LogP contribution < -0.4 is 10.8 Å². The molecule has 0 bridgehead atoms. The van der Waals surface area contributed by atoms with Crippen LogP contribution in [0.1, 0.15) is 0 Å². The van der Waals surface area contributed by atoms with Crippen LogP contribution in [-0.2, 0) is 0 Å². The molecule has 0 heterocycles. The van der Waals surface area contributed by atoms with Crippen LogP contribution in [0.5, 0.6) is 0 Å². The van der Waals surface area contributed by atoms with Crippen molar-refractivity contribution in [2.75, 3.05) is 0 Å². The molecular weight excluding hydrogens is 103 g/mol. The number of nitrogens with one attached hydrogen (secondary N) is 1. The number of hydrogen-bond acceptors (Lipinski definition) is 1. The van der Waals surface area contributed by atoms with Crippen LogP contribution in [0.3, 0.4) is 0 Å². The predicted molar refractivity (Wildman–Crippen MR) is 29.6 cm³/mol. The fourth-order valence-corrected chi connectivity index (χ4v) is 0. The van der Waals surface area contributed by atoms with Gasteiger partial charge in [-0.3, -0.25) is 0 Å². The molecule has 0 saturated heterocycles. The monoisotopic (exact) mass is 108 g/mol. The van der Waals surface area contributed by atoms with E-state index < -0.39 is 0 Å². The minimum Gasteiger partial charge on any atom is -0.376 e. The van der Waals surface area contributed by atoms with Gasteiger partial charge in [-0.15, -0.1) is 0 Å². The van der Waals surface area contributed by atoms with Crippen LogP contribution in [0.25, 0.3) is 0 Å². The standard InChI is InChI=1S/CH5N2PS/c2-1(5)3-4/h4H2,(H3,2,3,5). The molecule has 0 fully saturated rings. The summed E-state index contributed by atoms with van der Waals surface area (Å²) in [5.41, 5.74) is 4.89. The van der Waals surface area contributed by atoms with Gasteiger partial charge in [0.2, 0.25) is 0 Å². The minimum absolute atomic E-state index is 0.301. The summed E-state index contributed by atoms with van der Waals surface area (Å²) in [5, 5.41) is 2.75. The Morgan fingerprint density at radius 2 is 2.20 bits per heavy atom. The molecule has 0 amide bonds. The van der Waals surface area contributed by atoms with E-state index in [0.29, 0.717) is 5.11 Å². The maximum atomic E-state index is 4.89. The van der Waals surface area contributed by atoms with E-state index in [0.717, 1.165) is 0 Å². The maximum absolute atomic E-state index is 4.89. The van der Waals surface area contributed by atoms with Gasteiger partial charge in [-0.05, 0) is 21.6 Å². The van der Waals surface area contributed by atoms with Crippen molar-refractivity contribution in [3.8, 4) is 0 Å². The van der Waals surface area contributed by atoms with E-state index in [-0.39, 0.29) is 0 Å². The summed E-state index contributed by atoms with van der Waals surface area (Å²) < 4.78 is 0. The normalized spacial score (nSPS) is 6.60. The summed E-state index contributed by atoms with van der Waals surface area (Å²) in [6, 6.07) is 0. The smallest absolute Gasteiger partial charge is 0.166 e. The van der Waals surface area contributed by atoms with E-state index >= 15 is 0 Å². The van der Waals surface area contributed by atoms with Crippen LogP contribution in [0.4, 0.5) is 0 Å². The van der Waals surface area contributed by atoms with Crippen LogP contribution >= 0.6 is 21.6 Å². The molecule has 4 heteroatoms. The highest BCUT2D eigenvalue weighted by Crippen LogP contribution is 1.62. The van der Waals surface area contributed by atoms with Crippen molar-refractivity contribution in [3.05, 3.63) is 0 Å². The van der Waals surface area contributed by atoms with Gasteiger partial charge in [0.05, 0.1) is 0 Å². The molecule has 5 heavy (non-hydrogen) atoms. The summed E-state index contributed by atoms with van der Waals surface area (Å²) >= 11 is 4.34. The third kappa shape index (κ3) is 4.12. The van der Waals surface area contributed by atoms with E-state index in [1.807, 2.05) is 0 Å². The van der Waals surface area contributed by atoms with Crippen molar-refractivity contribution in [1.29, 1.82) is 0 Å². The third-order valence-corrected chi connectivity index (χ3v) is 0.780. The summed E-state index contributed by atoms with van der Waals surface area (Å²) in [7, 11) is 2.18. The summed E-state index contributed by atoms with van der Waals surface area (Å²) in [5.74, 6) is 0. The number of nitrogens with two attached hydrogens (primary N) is 1. The van der Waals surface area contributed by atoms with Gasteiger partial charge in [0.1, 0.15) is 0 Å². The van der Waals surface area contributed by atoms with Crippen LogP contribution in [0.2, 0.25) is 0 Å². The van der Waals surface area contributed by atoms with Crippen molar-refractivity contribution < 1.29 is 0 Å². The Labute approximate surface area is 38.4 Å². The first kappa shape index (κ1) is 5.12. The van der Waals surface area contributed by atoms with E-state index in [1.165, 1.54) is 0 Å². The molecule has 3 N–H and O–H groups in total. The second-order valence-corrected chi connectivity index (χ2v) is 1.24. The van der Waals surface area contributed by atoms with Crippen molar-refractivity contribution in [1.82, 2.24) is 5.09 Å². The molecule has 0 saturated carbocycles. The molecule has 0 aliphatic heterocycles. The van der Waals surface area contributed by atoms with Crippen LogP contribution in [0.15, 0.2) is 0 Å². The highest BCUT2D eigenvalue weighted by molar-refractivity contribution is 7.80. The SMILES string of the molecule is NC(=S)NP. The summed E-state index contributed by atoms with van der Waals surface area (Å²) in [6.07, 6.45) is 0. The molecule has 2 nitrogen and oxygen atoms in total. The van der Waals surface area contributed by atoms with Crippen LogP contribution in [0, 0.1) is 0 Å². The van der Waals surface area contributed by atoms with E-state index in [2.05, 4.69) is 26.7 Å². The first-order valence-corrected chi connectivity index (χ1v) is 2.02. The average Bonchev–Trinajstić information content (AvgIpc) is 1.38. The third-order valence-electron chi connectivity index (χ3n) is 0.142. The number of hydrogen-bond donors (Lipinski definition) is 2. The Bertz CT molecular complexity index is 44.9. The van der Waals surface area contributed by atoms with Crippen molar-refractivity contribution in [2.45, 2.75) is 0 Å². The van der Waals surface area contributed by atoms with Gasteiger partial charge in [-0.25, -0.2) is 0 Å².